The Hall–Kier alpha value is -2.50. The summed E-state index contributed by atoms with van der Waals surface area (Å²) in [5.74, 6) is 0.529. The van der Waals surface area contributed by atoms with Crippen LogP contribution < -0.4 is 9.64 Å². The molecule has 25 heavy (non-hydrogen) atoms. The van der Waals surface area contributed by atoms with Gasteiger partial charge in [0.2, 0.25) is 0 Å². The molecule has 0 atom stereocenters. The molecule has 0 aliphatic carbocycles. The maximum absolute atomic E-state index is 11.3. The summed E-state index contributed by atoms with van der Waals surface area (Å²) in [6.07, 6.45) is -1.42. The van der Waals surface area contributed by atoms with E-state index in [1.54, 1.807) is 55.4 Å². The van der Waals surface area contributed by atoms with Gasteiger partial charge in [-0.25, -0.2) is 9.78 Å². The average Bonchev–Trinajstić information content (AvgIpc) is 2.53. The molecule has 0 bridgehead atoms. The lowest BCUT2D eigenvalue weighted by atomic mass is 9.99. The minimum Gasteiger partial charge on any atom is -0.449 e. The van der Waals surface area contributed by atoms with Gasteiger partial charge < -0.3 is 14.7 Å². The molecule has 0 amide bonds. The highest BCUT2D eigenvalue weighted by Gasteiger charge is 2.22. The lowest BCUT2D eigenvalue weighted by Gasteiger charge is -2.20. The number of anilines is 1. The Bertz CT molecular complexity index is 974. The monoisotopic (exact) mass is 376 g/mol. The quantitative estimate of drug-likeness (QED) is 0.625. The molecule has 0 saturated heterocycles. The first-order valence-electron chi connectivity index (χ1n) is 7.34. The van der Waals surface area contributed by atoms with E-state index in [1.807, 2.05) is 6.07 Å². The van der Waals surface area contributed by atoms with Crippen LogP contribution in [0.15, 0.2) is 42.5 Å². The molecule has 0 spiro atoms. The lowest BCUT2D eigenvalue weighted by Crippen LogP contribution is -2.15. The molecule has 128 valence electrons. The molecule has 0 aliphatic heterocycles. The first-order chi connectivity index (χ1) is 11.9. The van der Waals surface area contributed by atoms with Gasteiger partial charge in [0.05, 0.1) is 5.52 Å². The van der Waals surface area contributed by atoms with Gasteiger partial charge >= 0.3 is 6.16 Å². The van der Waals surface area contributed by atoms with E-state index < -0.39 is 6.16 Å². The fourth-order valence-corrected chi connectivity index (χ4v) is 2.99. The predicted molar refractivity (Wildman–Crippen MR) is 100 cm³/mol. The normalized spacial score (nSPS) is 10.7. The summed E-state index contributed by atoms with van der Waals surface area (Å²) in [4.78, 5) is 17.5. The van der Waals surface area contributed by atoms with Crippen LogP contribution in [0.25, 0.3) is 22.0 Å². The fraction of sp³-hybridized carbons (Fsp3) is 0.111. The zero-order valence-electron chi connectivity index (χ0n) is 13.5. The number of hydrogen-bond acceptors (Lipinski definition) is 4. The third kappa shape index (κ3) is 3.48. The second kappa shape index (κ2) is 6.78. The molecule has 0 saturated carbocycles. The second-order valence-corrected chi connectivity index (χ2v) is 6.45. The van der Waals surface area contributed by atoms with Gasteiger partial charge in [0.25, 0.3) is 0 Å². The summed E-state index contributed by atoms with van der Waals surface area (Å²) < 4.78 is 5.11. The Morgan fingerprint density at radius 3 is 2.48 bits per heavy atom. The smallest absolute Gasteiger partial charge is 0.449 e. The molecule has 0 aliphatic rings. The van der Waals surface area contributed by atoms with Crippen LogP contribution in [0.5, 0.6) is 5.75 Å². The molecule has 2 aromatic carbocycles. The molecule has 7 heteroatoms. The summed E-state index contributed by atoms with van der Waals surface area (Å²) in [5.41, 5.74) is 1.95. The Morgan fingerprint density at radius 2 is 1.84 bits per heavy atom. The number of halogens is 2. The second-order valence-electron chi connectivity index (χ2n) is 5.57. The summed E-state index contributed by atoms with van der Waals surface area (Å²) in [6.45, 7) is 0. The van der Waals surface area contributed by atoms with E-state index >= 15 is 0 Å². The average molecular weight is 377 g/mol. The van der Waals surface area contributed by atoms with E-state index in [4.69, 9.17) is 27.9 Å². The van der Waals surface area contributed by atoms with Crippen LogP contribution in [0.3, 0.4) is 0 Å². The number of ether oxygens (including phenoxy) is 1. The minimum atomic E-state index is -1.42. The number of fused-ring (bicyclic) bond motifs is 1. The summed E-state index contributed by atoms with van der Waals surface area (Å²) in [5, 5.41) is 10.9. The molecule has 1 N–H and O–H groups in total. The molecule has 0 fully saturated rings. The van der Waals surface area contributed by atoms with Crippen LogP contribution in [0.1, 0.15) is 0 Å². The molecular formula is C18H14Cl2N2O3. The number of hydrogen-bond donors (Lipinski definition) is 1. The van der Waals surface area contributed by atoms with E-state index in [1.165, 1.54) is 0 Å². The van der Waals surface area contributed by atoms with Crippen LogP contribution in [-0.4, -0.2) is 30.3 Å². The number of carbonyl (C=O) groups is 1. The van der Waals surface area contributed by atoms with Gasteiger partial charge in [0.1, 0.15) is 0 Å². The highest BCUT2D eigenvalue weighted by molar-refractivity contribution is 6.32. The Morgan fingerprint density at radius 1 is 1.12 bits per heavy atom. The Balaban J connectivity index is 2.47. The number of pyridine rings is 1. The van der Waals surface area contributed by atoms with Crippen LogP contribution in [-0.2, 0) is 0 Å². The SMILES string of the molecule is CN(C)c1nc2ccc(Cl)cc2c(-c2cccc(Cl)c2)c1OC(=O)O. The van der Waals surface area contributed by atoms with Crippen molar-refractivity contribution < 1.29 is 14.6 Å². The number of benzene rings is 2. The van der Waals surface area contributed by atoms with Crippen molar-refractivity contribution in [2.24, 2.45) is 0 Å². The van der Waals surface area contributed by atoms with E-state index in [0.29, 0.717) is 37.9 Å². The molecule has 3 rings (SSSR count). The third-order valence-electron chi connectivity index (χ3n) is 3.61. The zero-order chi connectivity index (χ0) is 18.1. The van der Waals surface area contributed by atoms with E-state index in [-0.39, 0.29) is 5.75 Å². The number of nitrogens with zero attached hydrogens (tertiary/aromatic N) is 2. The van der Waals surface area contributed by atoms with Gasteiger partial charge in [-0.2, -0.15) is 0 Å². The van der Waals surface area contributed by atoms with Crippen molar-refractivity contribution in [1.29, 1.82) is 0 Å². The summed E-state index contributed by atoms with van der Waals surface area (Å²) in [7, 11) is 3.53. The van der Waals surface area contributed by atoms with Crippen molar-refractivity contribution in [3.8, 4) is 16.9 Å². The third-order valence-corrected chi connectivity index (χ3v) is 4.08. The standard InChI is InChI=1S/C18H14Cl2N2O3/c1-22(2)17-16(25-18(23)24)15(10-4-3-5-11(19)8-10)13-9-12(20)6-7-14(13)21-17/h3-9H,1-2H3,(H,23,24). The lowest BCUT2D eigenvalue weighted by molar-refractivity contribution is 0.144. The molecule has 5 nitrogen and oxygen atoms in total. The van der Waals surface area contributed by atoms with Crippen molar-refractivity contribution >= 4 is 46.1 Å². The number of carboxylic acid groups (broad SMARTS) is 1. The first-order valence-corrected chi connectivity index (χ1v) is 8.09. The molecular weight excluding hydrogens is 363 g/mol. The van der Waals surface area contributed by atoms with Crippen LogP contribution >= 0.6 is 23.2 Å². The number of rotatable bonds is 3. The topological polar surface area (TPSA) is 62.7 Å². The van der Waals surface area contributed by atoms with Crippen LogP contribution in [0.4, 0.5) is 10.6 Å². The molecule has 3 aromatic rings. The fourth-order valence-electron chi connectivity index (χ4n) is 2.62. The Kier molecular flexibility index (Phi) is 4.70. The molecule has 0 unspecified atom stereocenters. The van der Waals surface area contributed by atoms with Crippen molar-refractivity contribution in [3.05, 3.63) is 52.5 Å². The highest BCUT2D eigenvalue weighted by Crippen LogP contribution is 2.43. The van der Waals surface area contributed by atoms with Gasteiger partial charge in [0.15, 0.2) is 11.6 Å². The van der Waals surface area contributed by atoms with Gasteiger partial charge in [0, 0.05) is 35.1 Å². The molecule has 0 radical (unpaired) electrons. The largest absolute Gasteiger partial charge is 0.511 e. The summed E-state index contributed by atoms with van der Waals surface area (Å²) in [6, 6.07) is 12.3. The summed E-state index contributed by atoms with van der Waals surface area (Å²) >= 11 is 12.3. The van der Waals surface area contributed by atoms with Gasteiger partial charge in [-0.05, 0) is 35.9 Å². The minimum absolute atomic E-state index is 0.134. The van der Waals surface area contributed by atoms with Gasteiger partial charge in [-0.1, -0.05) is 35.3 Å². The predicted octanol–water partition coefficient (Wildman–Crippen LogP) is 5.33. The molecule has 1 heterocycles. The van der Waals surface area contributed by atoms with Gasteiger partial charge in [-0.15, -0.1) is 0 Å². The maximum atomic E-state index is 11.3. The van der Waals surface area contributed by atoms with Crippen molar-refractivity contribution in [1.82, 2.24) is 4.98 Å². The van der Waals surface area contributed by atoms with Gasteiger partial charge in [-0.3, -0.25) is 0 Å². The van der Waals surface area contributed by atoms with E-state index in [2.05, 4.69) is 4.98 Å². The number of aromatic nitrogens is 1. The van der Waals surface area contributed by atoms with Crippen molar-refractivity contribution in [3.63, 3.8) is 0 Å². The first kappa shape index (κ1) is 17.3. The van der Waals surface area contributed by atoms with E-state index in [9.17, 15) is 9.90 Å². The van der Waals surface area contributed by atoms with E-state index in [0.717, 1.165) is 0 Å². The molecule has 1 aromatic heterocycles. The van der Waals surface area contributed by atoms with Crippen LogP contribution in [0.2, 0.25) is 10.0 Å². The Labute approximate surface area is 154 Å². The van der Waals surface area contributed by atoms with Crippen molar-refractivity contribution in [2.75, 3.05) is 19.0 Å². The van der Waals surface area contributed by atoms with Crippen molar-refractivity contribution in [2.45, 2.75) is 0 Å². The zero-order valence-corrected chi connectivity index (χ0v) is 15.0. The maximum Gasteiger partial charge on any atom is 0.511 e. The van der Waals surface area contributed by atoms with Crippen LogP contribution in [0, 0.1) is 0 Å². The highest BCUT2D eigenvalue weighted by atomic mass is 35.5.